The lowest BCUT2D eigenvalue weighted by Crippen LogP contribution is -2.33. The van der Waals surface area contributed by atoms with Crippen LogP contribution in [-0.2, 0) is 4.79 Å². The molecule has 0 unspecified atom stereocenters. The lowest BCUT2D eigenvalue weighted by Gasteiger charge is -2.26. The predicted octanol–water partition coefficient (Wildman–Crippen LogP) is 3.68. The third kappa shape index (κ3) is 3.90. The second kappa shape index (κ2) is 7.56. The number of carbonyl (C=O) groups is 1. The lowest BCUT2D eigenvalue weighted by molar-refractivity contribution is -0.117. The van der Waals surface area contributed by atoms with Crippen LogP contribution in [0.4, 0.5) is 10.1 Å². The van der Waals surface area contributed by atoms with E-state index in [1.54, 1.807) is 6.07 Å². The quantitative estimate of drug-likeness (QED) is 0.892. The first-order valence-electron chi connectivity index (χ1n) is 9.30. The Morgan fingerprint density at radius 2 is 2.00 bits per heavy atom. The fourth-order valence-electron chi connectivity index (χ4n) is 3.76. The van der Waals surface area contributed by atoms with Crippen molar-refractivity contribution in [2.24, 2.45) is 0 Å². The maximum absolute atomic E-state index is 13.4. The molecule has 2 aliphatic rings. The lowest BCUT2D eigenvalue weighted by atomic mass is 10.0. The van der Waals surface area contributed by atoms with E-state index in [1.807, 2.05) is 25.1 Å². The van der Waals surface area contributed by atoms with Crippen LogP contribution in [0, 0.1) is 12.7 Å². The van der Waals surface area contributed by atoms with Crippen LogP contribution in [0.2, 0.25) is 0 Å². The van der Waals surface area contributed by atoms with Gasteiger partial charge in [-0.2, -0.15) is 0 Å². The van der Waals surface area contributed by atoms with Crippen LogP contribution in [0.3, 0.4) is 0 Å². The fraction of sp³-hybridized carbons (Fsp3) is 0.381. The number of ether oxygens (including phenoxy) is 2. The minimum atomic E-state index is -0.355. The average molecular weight is 370 g/mol. The number of likely N-dealkylation sites (tertiary alicyclic amines) is 1. The molecule has 27 heavy (non-hydrogen) atoms. The summed E-state index contributed by atoms with van der Waals surface area (Å²) in [5.74, 6) is 1.05. The highest BCUT2D eigenvalue weighted by Gasteiger charge is 2.28. The first-order valence-corrected chi connectivity index (χ1v) is 9.30. The summed E-state index contributed by atoms with van der Waals surface area (Å²) in [4.78, 5) is 14.7. The Morgan fingerprint density at radius 3 is 2.85 bits per heavy atom. The van der Waals surface area contributed by atoms with Gasteiger partial charge in [-0.3, -0.25) is 9.69 Å². The van der Waals surface area contributed by atoms with Gasteiger partial charge in [0.05, 0.1) is 6.54 Å². The summed E-state index contributed by atoms with van der Waals surface area (Å²) < 4.78 is 24.7. The largest absolute Gasteiger partial charge is 0.486 e. The van der Waals surface area contributed by atoms with Gasteiger partial charge >= 0.3 is 0 Å². The molecule has 0 aliphatic carbocycles. The van der Waals surface area contributed by atoms with Gasteiger partial charge in [0.1, 0.15) is 19.0 Å². The Hall–Kier alpha value is -2.60. The number of aryl methyl sites for hydroxylation is 1. The Balaban J connectivity index is 1.45. The van der Waals surface area contributed by atoms with Gasteiger partial charge in [-0.15, -0.1) is 0 Å². The van der Waals surface area contributed by atoms with E-state index >= 15 is 0 Å². The van der Waals surface area contributed by atoms with Crippen molar-refractivity contribution in [3.63, 3.8) is 0 Å². The molecular weight excluding hydrogens is 347 g/mol. The third-order valence-electron chi connectivity index (χ3n) is 5.14. The third-order valence-corrected chi connectivity index (χ3v) is 5.14. The second-order valence-corrected chi connectivity index (χ2v) is 7.04. The summed E-state index contributed by atoms with van der Waals surface area (Å²) in [5, 5.41) is 2.83. The van der Waals surface area contributed by atoms with Gasteiger partial charge in [-0.05, 0) is 61.7 Å². The van der Waals surface area contributed by atoms with Crippen LogP contribution in [-0.4, -0.2) is 37.1 Å². The van der Waals surface area contributed by atoms with Gasteiger partial charge in [-0.25, -0.2) is 4.39 Å². The van der Waals surface area contributed by atoms with E-state index in [0.29, 0.717) is 18.9 Å². The van der Waals surface area contributed by atoms with Crippen molar-refractivity contribution in [2.45, 2.75) is 25.8 Å². The molecule has 6 heteroatoms. The Labute approximate surface area is 158 Å². The van der Waals surface area contributed by atoms with Crippen molar-refractivity contribution in [1.29, 1.82) is 0 Å². The summed E-state index contributed by atoms with van der Waals surface area (Å²) in [7, 11) is 0. The van der Waals surface area contributed by atoms with Gasteiger partial charge in [0.25, 0.3) is 0 Å². The number of hydrogen-bond donors (Lipinski definition) is 1. The molecule has 1 fully saturated rings. The van der Waals surface area contributed by atoms with Crippen molar-refractivity contribution >= 4 is 11.6 Å². The van der Waals surface area contributed by atoms with Crippen molar-refractivity contribution in [2.75, 3.05) is 31.6 Å². The number of nitrogens with zero attached hydrogens (tertiary/aromatic N) is 1. The zero-order valence-electron chi connectivity index (χ0n) is 15.3. The van der Waals surface area contributed by atoms with Gasteiger partial charge in [0.15, 0.2) is 11.5 Å². The van der Waals surface area contributed by atoms with E-state index in [4.69, 9.17) is 9.47 Å². The molecule has 4 rings (SSSR count). The summed E-state index contributed by atoms with van der Waals surface area (Å²) in [6.45, 7) is 4.11. The standard InChI is InChI=1S/C21H23FN2O3/c1-14-4-6-16(22)12-17(14)23-21(25)13-24-8-2-3-18(24)15-5-7-19-20(11-15)27-10-9-26-19/h4-7,11-12,18H,2-3,8-10,13H2,1H3,(H,23,25)/t18-/m0/s1. The molecule has 2 aliphatic heterocycles. The highest BCUT2D eigenvalue weighted by molar-refractivity contribution is 5.93. The molecule has 0 spiro atoms. The Kier molecular flexibility index (Phi) is 4.99. The predicted molar refractivity (Wildman–Crippen MR) is 101 cm³/mol. The molecule has 1 amide bonds. The van der Waals surface area contributed by atoms with Gasteiger partial charge in [-0.1, -0.05) is 12.1 Å². The summed E-state index contributed by atoms with van der Waals surface area (Å²) in [5.41, 5.74) is 2.50. The molecule has 1 N–H and O–H groups in total. The zero-order chi connectivity index (χ0) is 18.8. The monoisotopic (exact) mass is 370 g/mol. The maximum Gasteiger partial charge on any atom is 0.238 e. The summed E-state index contributed by atoms with van der Waals surface area (Å²) in [6.07, 6.45) is 2.03. The molecule has 0 aromatic heterocycles. The van der Waals surface area contributed by atoms with Gasteiger partial charge in [0.2, 0.25) is 5.91 Å². The molecule has 142 valence electrons. The number of halogens is 1. The molecule has 0 saturated carbocycles. The highest BCUT2D eigenvalue weighted by Crippen LogP contribution is 2.37. The SMILES string of the molecule is Cc1ccc(F)cc1NC(=O)CN1CCC[C@H]1c1ccc2c(c1)OCCO2. The second-order valence-electron chi connectivity index (χ2n) is 7.04. The van der Waals surface area contributed by atoms with Crippen LogP contribution in [0.15, 0.2) is 36.4 Å². The Bertz CT molecular complexity index is 855. The van der Waals surface area contributed by atoms with E-state index in [2.05, 4.69) is 10.2 Å². The molecule has 2 aromatic carbocycles. The summed E-state index contributed by atoms with van der Waals surface area (Å²) in [6, 6.07) is 10.6. The fourth-order valence-corrected chi connectivity index (χ4v) is 3.76. The smallest absolute Gasteiger partial charge is 0.238 e. The number of amides is 1. The van der Waals surface area contributed by atoms with Crippen molar-refractivity contribution in [3.8, 4) is 11.5 Å². The summed E-state index contributed by atoms with van der Waals surface area (Å²) >= 11 is 0. The number of benzene rings is 2. The van der Waals surface area contributed by atoms with Gasteiger partial charge in [0, 0.05) is 11.7 Å². The van der Waals surface area contributed by atoms with Crippen LogP contribution in [0.5, 0.6) is 11.5 Å². The highest BCUT2D eigenvalue weighted by atomic mass is 19.1. The minimum Gasteiger partial charge on any atom is -0.486 e. The normalized spacial score (nSPS) is 19.1. The number of anilines is 1. The van der Waals surface area contributed by atoms with Crippen LogP contribution in [0.1, 0.15) is 30.0 Å². The van der Waals surface area contributed by atoms with Crippen molar-refractivity contribution in [1.82, 2.24) is 4.90 Å². The van der Waals surface area contributed by atoms with E-state index in [-0.39, 0.29) is 24.3 Å². The molecule has 5 nitrogen and oxygen atoms in total. The van der Waals surface area contributed by atoms with Gasteiger partial charge < -0.3 is 14.8 Å². The number of hydrogen-bond acceptors (Lipinski definition) is 4. The number of rotatable bonds is 4. The molecule has 0 bridgehead atoms. The topological polar surface area (TPSA) is 50.8 Å². The first-order chi connectivity index (χ1) is 13.1. The first kappa shape index (κ1) is 17.8. The zero-order valence-corrected chi connectivity index (χ0v) is 15.3. The van der Waals surface area contributed by atoms with Crippen LogP contribution < -0.4 is 14.8 Å². The number of carbonyl (C=O) groups excluding carboxylic acids is 1. The van der Waals surface area contributed by atoms with E-state index < -0.39 is 0 Å². The van der Waals surface area contributed by atoms with Crippen molar-refractivity contribution in [3.05, 3.63) is 53.3 Å². The molecule has 2 heterocycles. The maximum atomic E-state index is 13.4. The molecule has 2 aromatic rings. The number of nitrogens with one attached hydrogen (secondary N) is 1. The van der Waals surface area contributed by atoms with Crippen LogP contribution in [0.25, 0.3) is 0 Å². The molecule has 1 atom stereocenters. The Morgan fingerprint density at radius 1 is 1.19 bits per heavy atom. The average Bonchev–Trinajstić information content (AvgIpc) is 3.12. The molecular formula is C21H23FN2O3. The van der Waals surface area contributed by atoms with Crippen molar-refractivity contribution < 1.29 is 18.7 Å². The van der Waals surface area contributed by atoms with E-state index in [1.165, 1.54) is 12.1 Å². The molecule has 1 saturated heterocycles. The number of fused-ring (bicyclic) bond motifs is 1. The van der Waals surface area contributed by atoms with E-state index in [9.17, 15) is 9.18 Å². The van der Waals surface area contributed by atoms with Crippen LogP contribution >= 0.6 is 0 Å². The minimum absolute atomic E-state index is 0.131. The van der Waals surface area contributed by atoms with E-state index in [0.717, 1.165) is 42.0 Å². The molecule has 0 radical (unpaired) electrons.